The predicted molar refractivity (Wildman–Crippen MR) is 80.8 cm³/mol. The molecule has 1 aromatic carbocycles. The Hall–Kier alpha value is 0.01000. The van der Waals surface area contributed by atoms with E-state index in [1.54, 1.807) is 0 Å². The Balaban J connectivity index is 0. The average molecular weight is 300 g/mol. The molecule has 0 bridgehead atoms. The SMILES string of the molecule is CN(C)CCCNCc1ccc(Cl)cc1.Cl.Cl. The van der Waals surface area contributed by atoms with Crippen LogP contribution in [-0.4, -0.2) is 32.1 Å². The Morgan fingerprint density at radius 2 is 1.71 bits per heavy atom. The van der Waals surface area contributed by atoms with Crippen molar-refractivity contribution in [3.05, 3.63) is 34.9 Å². The molecule has 5 heteroatoms. The van der Waals surface area contributed by atoms with E-state index in [1.807, 2.05) is 12.1 Å². The van der Waals surface area contributed by atoms with Gasteiger partial charge in [-0.2, -0.15) is 0 Å². The lowest BCUT2D eigenvalue weighted by molar-refractivity contribution is 0.394. The van der Waals surface area contributed by atoms with E-state index >= 15 is 0 Å². The van der Waals surface area contributed by atoms with E-state index < -0.39 is 0 Å². The zero-order chi connectivity index (χ0) is 11.1. The maximum absolute atomic E-state index is 5.80. The van der Waals surface area contributed by atoms with E-state index in [0.717, 1.165) is 24.7 Å². The van der Waals surface area contributed by atoms with Gasteiger partial charge in [-0.1, -0.05) is 23.7 Å². The molecular weight excluding hydrogens is 279 g/mol. The Morgan fingerprint density at radius 1 is 1.12 bits per heavy atom. The Morgan fingerprint density at radius 3 is 2.24 bits per heavy atom. The predicted octanol–water partition coefficient (Wildman–Crippen LogP) is 3.22. The summed E-state index contributed by atoms with van der Waals surface area (Å²) in [5.41, 5.74) is 1.28. The first kappa shape index (κ1) is 19.4. The van der Waals surface area contributed by atoms with Crippen LogP contribution in [0.25, 0.3) is 0 Å². The third-order valence-electron chi connectivity index (χ3n) is 2.20. The molecule has 100 valence electrons. The first-order chi connectivity index (χ1) is 7.18. The van der Waals surface area contributed by atoms with Crippen molar-refractivity contribution < 1.29 is 0 Å². The van der Waals surface area contributed by atoms with Crippen LogP contribution in [0.15, 0.2) is 24.3 Å². The zero-order valence-electron chi connectivity index (χ0n) is 10.3. The highest BCUT2D eigenvalue weighted by molar-refractivity contribution is 6.30. The summed E-state index contributed by atoms with van der Waals surface area (Å²) in [6, 6.07) is 7.97. The Labute approximate surface area is 122 Å². The molecule has 2 nitrogen and oxygen atoms in total. The summed E-state index contributed by atoms with van der Waals surface area (Å²) in [5, 5.41) is 4.20. The van der Waals surface area contributed by atoms with Crippen LogP contribution in [0.1, 0.15) is 12.0 Å². The molecule has 1 rings (SSSR count). The second kappa shape index (κ2) is 11.1. The third kappa shape index (κ3) is 9.69. The van der Waals surface area contributed by atoms with Gasteiger partial charge < -0.3 is 10.2 Å². The molecule has 0 saturated carbocycles. The summed E-state index contributed by atoms with van der Waals surface area (Å²) in [5.74, 6) is 0. The molecule has 0 heterocycles. The second-order valence-corrected chi connectivity index (χ2v) is 4.40. The lowest BCUT2D eigenvalue weighted by Gasteiger charge is -2.09. The topological polar surface area (TPSA) is 15.3 Å². The molecule has 0 radical (unpaired) electrons. The molecular formula is C12H21Cl3N2. The summed E-state index contributed by atoms with van der Waals surface area (Å²) < 4.78 is 0. The van der Waals surface area contributed by atoms with Crippen molar-refractivity contribution in [3.8, 4) is 0 Å². The molecule has 0 aliphatic heterocycles. The molecule has 0 amide bonds. The van der Waals surface area contributed by atoms with Gasteiger partial charge in [0.15, 0.2) is 0 Å². The Kier molecular flexibility index (Phi) is 12.7. The van der Waals surface area contributed by atoms with Gasteiger partial charge in [0.2, 0.25) is 0 Å². The number of nitrogens with zero attached hydrogens (tertiary/aromatic N) is 1. The summed E-state index contributed by atoms with van der Waals surface area (Å²) in [4.78, 5) is 2.20. The van der Waals surface area contributed by atoms with Crippen molar-refractivity contribution in [1.29, 1.82) is 0 Å². The number of rotatable bonds is 6. The van der Waals surface area contributed by atoms with E-state index in [2.05, 4.69) is 36.4 Å². The first-order valence-electron chi connectivity index (χ1n) is 5.28. The molecule has 1 aromatic rings. The molecule has 0 aliphatic rings. The van der Waals surface area contributed by atoms with Gasteiger partial charge in [-0.3, -0.25) is 0 Å². The van der Waals surface area contributed by atoms with Crippen LogP contribution >= 0.6 is 36.4 Å². The second-order valence-electron chi connectivity index (χ2n) is 3.96. The lowest BCUT2D eigenvalue weighted by atomic mass is 10.2. The van der Waals surface area contributed by atoms with E-state index in [1.165, 1.54) is 12.0 Å². The van der Waals surface area contributed by atoms with Crippen LogP contribution in [0.2, 0.25) is 5.02 Å². The minimum absolute atomic E-state index is 0. The minimum Gasteiger partial charge on any atom is -0.313 e. The van der Waals surface area contributed by atoms with Gasteiger partial charge in [0, 0.05) is 11.6 Å². The Bertz CT molecular complexity index is 276. The maximum atomic E-state index is 5.80. The monoisotopic (exact) mass is 298 g/mol. The quantitative estimate of drug-likeness (QED) is 0.811. The normalized spacial score (nSPS) is 9.65. The van der Waals surface area contributed by atoms with Gasteiger partial charge in [0.1, 0.15) is 0 Å². The van der Waals surface area contributed by atoms with E-state index in [0.29, 0.717) is 0 Å². The van der Waals surface area contributed by atoms with Crippen LogP contribution in [0.5, 0.6) is 0 Å². The largest absolute Gasteiger partial charge is 0.313 e. The van der Waals surface area contributed by atoms with Crippen molar-refractivity contribution in [1.82, 2.24) is 10.2 Å². The van der Waals surface area contributed by atoms with Crippen LogP contribution in [0, 0.1) is 0 Å². The summed E-state index contributed by atoms with van der Waals surface area (Å²) in [6.45, 7) is 3.11. The highest BCUT2D eigenvalue weighted by Crippen LogP contribution is 2.08. The first-order valence-corrected chi connectivity index (χ1v) is 5.66. The van der Waals surface area contributed by atoms with E-state index in [9.17, 15) is 0 Å². The fraction of sp³-hybridized carbons (Fsp3) is 0.500. The van der Waals surface area contributed by atoms with Crippen molar-refractivity contribution in [3.63, 3.8) is 0 Å². The van der Waals surface area contributed by atoms with Crippen molar-refractivity contribution in [2.45, 2.75) is 13.0 Å². The molecule has 0 spiro atoms. The minimum atomic E-state index is 0. The molecule has 1 N–H and O–H groups in total. The van der Waals surface area contributed by atoms with Gasteiger partial charge >= 0.3 is 0 Å². The van der Waals surface area contributed by atoms with Crippen LogP contribution in [0.4, 0.5) is 0 Å². The van der Waals surface area contributed by atoms with Gasteiger partial charge in [-0.05, 0) is 51.3 Å². The number of hydrogen-bond donors (Lipinski definition) is 1. The lowest BCUT2D eigenvalue weighted by Crippen LogP contribution is -2.20. The van der Waals surface area contributed by atoms with Gasteiger partial charge in [0.25, 0.3) is 0 Å². The number of hydrogen-bond acceptors (Lipinski definition) is 2. The average Bonchev–Trinajstić information content (AvgIpc) is 2.20. The van der Waals surface area contributed by atoms with Crippen molar-refractivity contribution >= 4 is 36.4 Å². The highest BCUT2D eigenvalue weighted by atomic mass is 35.5. The molecule has 0 aromatic heterocycles. The maximum Gasteiger partial charge on any atom is 0.0406 e. The summed E-state index contributed by atoms with van der Waals surface area (Å²) in [6.07, 6.45) is 1.18. The van der Waals surface area contributed by atoms with Gasteiger partial charge in [-0.25, -0.2) is 0 Å². The molecule has 0 aliphatic carbocycles. The van der Waals surface area contributed by atoms with Gasteiger partial charge in [-0.15, -0.1) is 24.8 Å². The van der Waals surface area contributed by atoms with Crippen molar-refractivity contribution in [2.24, 2.45) is 0 Å². The zero-order valence-corrected chi connectivity index (χ0v) is 12.7. The fourth-order valence-electron chi connectivity index (χ4n) is 1.36. The summed E-state index contributed by atoms with van der Waals surface area (Å²) >= 11 is 5.80. The van der Waals surface area contributed by atoms with Gasteiger partial charge in [0.05, 0.1) is 0 Å². The third-order valence-corrected chi connectivity index (χ3v) is 2.45. The van der Waals surface area contributed by atoms with E-state index in [4.69, 9.17) is 11.6 Å². The number of nitrogens with one attached hydrogen (secondary N) is 1. The number of benzene rings is 1. The standard InChI is InChI=1S/C12H19ClN2.2ClH/c1-15(2)9-3-8-14-10-11-4-6-12(13)7-5-11;;/h4-7,14H,3,8-10H2,1-2H3;2*1H. The molecule has 0 saturated heterocycles. The van der Waals surface area contributed by atoms with Crippen LogP contribution < -0.4 is 5.32 Å². The molecule has 0 unspecified atom stereocenters. The van der Waals surface area contributed by atoms with Crippen molar-refractivity contribution in [2.75, 3.05) is 27.2 Å². The molecule has 0 atom stereocenters. The van der Waals surface area contributed by atoms with Crippen LogP contribution in [-0.2, 0) is 6.54 Å². The van der Waals surface area contributed by atoms with E-state index in [-0.39, 0.29) is 24.8 Å². The summed E-state index contributed by atoms with van der Waals surface area (Å²) in [7, 11) is 4.19. The highest BCUT2D eigenvalue weighted by Gasteiger charge is 1.93. The van der Waals surface area contributed by atoms with Crippen LogP contribution in [0.3, 0.4) is 0 Å². The number of halogens is 3. The smallest absolute Gasteiger partial charge is 0.0406 e. The fourth-order valence-corrected chi connectivity index (χ4v) is 1.48. The molecule has 0 fully saturated rings. The molecule has 17 heavy (non-hydrogen) atoms.